The van der Waals surface area contributed by atoms with Gasteiger partial charge in [-0.25, -0.2) is 15.0 Å². The molecule has 0 unspecified atom stereocenters. The second-order valence-corrected chi connectivity index (χ2v) is 6.60. The number of hydrogen-bond donors (Lipinski definition) is 2. The van der Waals surface area contributed by atoms with Crippen LogP contribution in [0.3, 0.4) is 0 Å². The number of nitrogens with one attached hydrogen (secondary N) is 1. The van der Waals surface area contributed by atoms with Gasteiger partial charge in [-0.15, -0.1) is 0 Å². The van der Waals surface area contributed by atoms with Gasteiger partial charge < -0.3 is 16.0 Å². The molecule has 3 N–H and O–H groups in total. The molecule has 28 heavy (non-hydrogen) atoms. The predicted octanol–water partition coefficient (Wildman–Crippen LogP) is 0.986. The molecule has 3 aromatic rings. The molecule has 1 saturated heterocycles. The van der Waals surface area contributed by atoms with E-state index in [1.54, 1.807) is 31.9 Å². The molecule has 144 valence electrons. The third-order valence-electron chi connectivity index (χ3n) is 4.67. The van der Waals surface area contributed by atoms with Crippen molar-refractivity contribution < 1.29 is 0 Å². The number of hydrogen-bond acceptors (Lipinski definition) is 8. The van der Waals surface area contributed by atoms with E-state index in [0.29, 0.717) is 11.5 Å². The van der Waals surface area contributed by atoms with E-state index < -0.39 is 0 Å². The zero-order valence-electron chi connectivity index (χ0n) is 16.0. The molecule has 9 heteroatoms. The molecule has 0 aromatic carbocycles. The van der Waals surface area contributed by atoms with Crippen molar-refractivity contribution in [1.29, 1.82) is 0 Å². The summed E-state index contributed by atoms with van der Waals surface area (Å²) in [6, 6.07) is 1.95. The molecule has 3 aromatic heterocycles. The van der Waals surface area contributed by atoms with Gasteiger partial charge in [0.05, 0.1) is 18.1 Å². The summed E-state index contributed by atoms with van der Waals surface area (Å²) in [7, 11) is 1.71. The molecule has 4 rings (SSSR count). The number of imidazole rings is 1. The summed E-state index contributed by atoms with van der Waals surface area (Å²) in [6.45, 7) is 5.60. The molecular formula is C19H23N9. The molecule has 0 spiro atoms. The van der Waals surface area contributed by atoms with Crippen LogP contribution in [0.25, 0.3) is 22.7 Å². The standard InChI is InChI=1S/C19H23N9/c1-13(20)14(9-21-2)15-12-28-16(10-25-18(28)11-24-15)19-23-4-3-17(26-19)27-7-5-22-6-8-27/h3-4,9-12,22H,5-8,20H2,1-2H3. The van der Waals surface area contributed by atoms with Gasteiger partial charge in [0.1, 0.15) is 11.5 Å². The predicted molar refractivity (Wildman–Crippen MR) is 110 cm³/mol. The smallest absolute Gasteiger partial charge is 0.180 e. The normalized spacial score (nSPS) is 16.0. The lowest BCUT2D eigenvalue weighted by atomic mass is 10.1. The topological polar surface area (TPSA) is 110 Å². The quantitative estimate of drug-likeness (QED) is 0.652. The molecule has 0 aliphatic carbocycles. The third-order valence-corrected chi connectivity index (χ3v) is 4.67. The number of allylic oxidation sites excluding steroid dienone is 2. The van der Waals surface area contributed by atoms with E-state index in [9.17, 15) is 0 Å². The fraction of sp³-hybridized carbons (Fsp3) is 0.316. The SMILES string of the molecule is CN=CC(=C(C)N)c1cn2c(-c3nccc(N4CCNCC4)n3)cnc2cn1. The second kappa shape index (κ2) is 7.73. The van der Waals surface area contributed by atoms with Crippen molar-refractivity contribution in [2.24, 2.45) is 10.7 Å². The number of aliphatic imine (C=N–C) groups is 1. The molecular weight excluding hydrogens is 354 g/mol. The number of rotatable bonds is 4. The van der Waals surface area contributed by atoms with Crippen LogP contribution in [-0.4, -0.2) is 63.8 Å². The van der Waals surface area contributed by atoms with Crippen LogP contribution in [0.4, 0.5) is 5.82 Å². The number of fused-ring (bicyclic) bond motifs is 1. The zero-order chi connectivity index (χ0) is 19.5. The number of nitrogens with zero attached hydrogens (tertiary/aromatic N) is 7. The number of piperazine rings is 1. The molecule has 1 fully saturated rings. The maximum atomic E-state index is 6.01. The number of nitrogens with two attached hydrogens (primary N) is 1. The van der Waals surface area contributed by atoms with Crippen LogP contribution in [0.1, 0.15) is 12.6 Å². The molecule has 1 aliphatic rings. The number of aromatic nitrogens is 5. The highest BCUT2D eigenvalue weighted by Crippen LogP contribution is 2.22. The van der Waals surface area contributed by atoms with Crippen molar-refractivity contribution in [2.75, 3.05) is 38.1 Å². The largest absolute Gasteiger partial charge is 0.402 e. The summed E-state index contributed by atoms with van der Waals surface area (Å²) in [5.41, 5.74) is 9.68. The molecule has 0 saturated carbocycles. The molecule has 1 aliphatic heterocycles. The van der Waals surface area contributed by atoms with Gasteiger partial charge in [0.2, 0.25) is 0 Å². The van der Waals surface area contributed by atoms with Crippen LogP contribution >= 0.6 is 0 Å². The van der Waals surface area contributed by atoms with Crippen LogP contribution in [0, 0.1) is 0 Å². The zero-order valence-corrected chi connectivity index (χ0v) is 16.0. The van der Waals surface area contributed by atoms with Crippen LogP contribution in [-0.2, 0) is 0 Å². The molecule has 0 amide bonds. The summed E-state index contributed by atoms with van der Waals surface area (Å²) in [6.07, 6.45) is 8.88. The highest BCUT2D eigenvalue weighted by Gasteiger charge is 2.16. The van der Waals surface area contributed by atoms with Crippen molar-refractivity contribution >= 4 is 23.3 Å². The first kappa shape index (κ1) is 18.1. The lowest BCUT2D eigenvalue weighted by molar-refractivity contribution is 0.584. The third kappa shape index (κ3) is 3.44. The number of anilines is 1. The van der Waals surface area contributed by atoms with E-state index in [-0.39, 0.29) is 0 Å². The average Bonchev–Trinajstić information content (AvgIpc) is 3.16. The highest BCUT2D eigenvalue weighted by molar-refractivity contribution is 6.09. The van der Waals surface area contributed by atoms with Gasteiger partial charge in [-0.05, 0) is 13.0 Å². The lowest BCUT2D eigenvalue weighted by Crippen LogP contribution is -2.43. The Hall–Kier alpha value is -3.33. The van der Waals surface area contributed by atoms with Gasteiger partial charge in [-0.1, -0.05) is 0 Å². The van der Waals surface area contributed by atoms with Gasteiger partial charge in [0.15, 0.2) is 11.5 Å². The summed E-state index contributed by atoms with van der Waals surface area (Å²) < 4.78 is 1.94. The summed E-state index contributed by atoms with van der Waals surface area (Å²) >= 11 is 0. The summed E-state index contributed by atoms with van der Waals surface area (Å²) in [4.78, 5) is 24.5. The fourth-order valence-corrected chi connectivity index (χ4v) is 3.24. The monoisotopic (exact) mass is 377 g/mol. The maximum Gasteiger partial charge on any atom is 0.180 e. The van der Waals surface area contributed by atoms with Crippen molar-refractivity contribution in [3.05, 3.63) is 42.2 Å². The van der Waals surface area contributed by atoms with Gasteiger partial charge in [0.25, 0.3) is 0 Å². The highest BCUT2D eigenvalue weighted by atomic mass is 15.2. The average molecular weight is 377 g/mol. The van der Waals surface area contributed by atoms with Crippen molar-refractivity contribution in [3.63, 3.8) is 0 Å². The Labute approximate surface area is 163 Å². The Morgan fingerprint density at radius 3 is 2.79 bits per heavy atom. The second-order valence-electron chi connectivity index (χ2n) is 6.60. The minimum atomic E-state index is 0.625. The van der Waals surface area contributed by atoms with E-state index in [4.69, 9.17) is 10.7 Å². The lowest BCUT2D eigenvalue weighted by Gasteiger charge is -2.28. The Morgan fingerprint density at radius 1 is 1.21 bits per heavy atom. The van der Waals surface area contributed by atoms with E-state index in [2.05, 4.69) is 30.2 Å². The van der Waals surface area contributed by atoms with Crippen LogP contribution in [0.2, 0.25) is 0 Å². The van der Waals surface area contributed by atoms with Crippen molar-refractivity contribution in [1.82, 2.24) is 29.7 Å². The molecule has 0 radical (unpaired) electrons. The van der Waals surface area contributed by atoms with Gasteiger partial charge in [-0.3, -0.25) is 14.4 Å². The van der Waals surface area contributed by atoms with Gasteiger partial charge in [0, 0.05) is 63.1 Å². The van der Waals surface area contributed by atoms with Crippen LogP contribution in [0.15, 0.2) is 41.5 Å². The maximum absolute atomic E-state index is 6.01. The van der Waals surface area contributed by atoms with E-state index in [1.807, 2.05) is 23.6 Å². The van der Waals surface area contributed by atoms with Crippen LogP contribution < -0.4 is 16.0 Å². The van der Waals surface area contributed by atoms with Gasteiger partial charge >= 0.3 is 0 Å². The minimum absolute atomic E-state index is 0.625. The Kier molecular flexibility index (Phi) is 4.98. The van der Waals surface area contributed by atoms with Gasteiger partial charge in [-0.2, -0.15) is 0 Å². The Balaban J connectivity index is 1.77. The van der Waals surface area contributed by atoms with E-state index in [1.165, 1.54) is 0 Å². The molecule has 9 nitrogen and oxygen atoms in total. The van der Waals surface area contributed by atoms with E-state index >= 15 is 0 Å². The Morgan fingerprint density at radius 2 is 2.04 bits per heavy atom. The van der Waals surface area contributed by atoms with Crippen LogP contribution in [0.5, 0.6) is 0 Å². The fourth-order valence-electron chi connectivity index (χ4n) is 3.24. The molecule has 4 heterocycles. The Bertz CT molecular complexity index is 1040. The first-order chi connectivity index (χ1) is 13.7. The van der Waals surface area contributed by atoms with E-state index in [0.717, 1.165) is 54.6 Å². The van der Waals surface area contributed by atoms with Crippen molar-refractivity contribution in [2.45, 2.75) is 6.92 Å². The molecule has 0 atom stereocenters. The first-order valence-electron chi connectivity index (χ1n) is 9.18. The minimum Gasteiger partial charge on any atom is -0.402 e. The first-order valence-corrected chi connectivity index (χ1v) is 9.18. The molecule has 0 bridgehead atoms. The summed E-state index contributed by atoms with van der Waals surface area (Å²) in [5.74, 6) is 1.55. The summed E-state index contributed by atoms with van der Waals surface area (Å²) in [5, 5.41) is 3.36. The van der Waals surface area contributed by atoms with Crippen molar-refractivity contribution in [3.8, 4) is 11.5 Å².